The molecule has 0 radical (unpaired) electrons. The van der Waals surface area contributed by atoms with Crippen molar-refractivity contribution < 1.29 is 0 Å². The van der Waals surface area contributed by atoms with E-state index < -0.39 is 0 Å². The Hall–Kier alpha value is -0.540. The Kier molecular flexibility index (Phi) is 2.77. The molecule has 3 heteroatoms. The highest BCUT2D eigenvalue weighted by atomic mass is 79.9. The van der Waals surface area contributed by atoms with Crippen molar-refractivity contribution in [3.8, 4) is 0 Å². The van der Waals surface area contributed by atoms with Crippen LogP contribution in [0.25, 0.3) is 0 Å². The average molecular weight is 269 g/mol. The molecule has 1 aliphatic rings. The van der Waals surface area contributed by atoms with Gasteiger partial charge in [0.25, 0.3) is 0 Å². The van der Waals surface area contributed by atoms with Gasteiger partial charge in [0.15, 0.2) is 0 Å². The molecular weight excluding hydrogens is 252 g/mol. The van der Waals surface area contributed by atoms with Crippen molar-refractivity contribution in [1.29, 1.82) is 0 Å². The van der Waals surface area contributed by atoms with Gasteiger partial charge in [-0.3, -0.25) is 0 Å². The van der Waals surface area contributed by atoms with Crippen LogP contribution < -0.4 is 10.2 Å². The summed E-state index contributed by atoms with van der Waals surface area (Å²) in [4.78, 5) is 2.32. The van der Waals surface area contributed by atoms with Gasteiger partial charge in [-0.2, -0.15) is 0 Å². The zero-order valence-electron chi connectivity index (χ0n) is 9.47. The Morgan fingerprint density at radius 1 is 1.40 bits per heavy atom. The maximum atomic E-state index is 3.63. The van der Waals surface area contributed by atoms with Gasteiger partial charge in [-0.05, 0) is 41.4 Å². The van der Waals surface area contributed by atoms with Crippen molar-refractivity contribution in [3.05, 3.63) is 28.2 Å². The Balaban J connectivity index is 2.44. The van der Waals surface area contributed by atoms with E-state index in [0.29, 0.717) is 0 Å². The summed E-state index contributed by atoms with van der Waals surface area (Å²) < 4.78 is 1.18. The molecule has 0 unspecified atom stereocenters. The minimum Gasteiger partial charge on any atom is -0.372 e. The van der Waals surface area contributed by atoms with Crippen LogP contribution in [0.2, 0.25) is 0 Å². The second-order valence-electron chi connectivity index (χ2n) is 4.84. The molecule has 0 fully saturated rings. The first-order valence-corrected chi connectivity index (χ1v) is 6.02. The van der Waals surface area contributed by atoms with E-state index in [4.69, 9.17) is 0 Å². The molecule has 0 amide bonds. The van der Waals surface area contributed by atoms with Crippen LogP contribution in [0.4, 0.5) is 5.69 Å². The molecule has 15 heavy (non-hydrogen) atoms. The van der Waals surface area contributed by atoms with Gasteiger partial charge < -0.3 is 10.2 Å². The molecule has 0 saturated heterocycles. The summed E-state index contributed by atoms with van der Waals surface area (Å²) in [6.45, 7) is 6.43. The topological polar surface area (TPSA) is 15.3 Å². The smallest absolute Gasteiger partial charge is 0.0554 e. The minimum absolute atomic E-state index is 0.160. The molecule has 1 aliphatic heterocycles. The van der Waals surface area contributed by atoms with Crippen LogP contribution in [-0.4, -0.2) is 19.1 Å². The summed E-state index contributed by atoms with van der Waals surface area (Å²) in [6.07, 6.45) is 0. The number of para-hydroxylation sites is 1. The largest absolute Gasteiger partial charge is 0.372 e. The third kappa shape index (κ3) is 2.18. The second kappa shape index (κ2) is 3.80. The third-order valence-corrected chi connectivity index (χ3v) is 3.48. The first kappa shape index (κ1) is 11.0. The van der Waals surface area contributed by atoms with E-state index in [9.17, 15) is 0 Å². The first-order chi connectivity index (χ1) is 6.99. The standard InChI is InChI=1S/C12H17BrN2/c1-12(2)8-15(3)11-9(7-14-12)5-4-6-10(11)13/h4-6,14H,7-8H2,1-3H3. The van der Waals surface area contributed by atoms with Gasteiger partial charge >= 0.3 is 0 Å². The quantitative estimate of drug-likeness (QED) is 0.779. The summed E-state index contributed by atoms with van der Waals surface area (Å²) in [5, 5.41) is 3.57. The fourth-order valence-electron chi connectivity index (χ4n) is 2.19. The SMILES string of the molecule is CN1CC(C)(C)NCc2cccc(Br)c21. The molecule has 0 saturated carbocycles. The van der Waals surface area contributed by atoms with Crippen molar-refractivity contribution >= 4 is 21.6 Å². The highest BCUT2D eigenvalue weighted by Gasteiger charge is 2.25. The number of benzene rings is 1. The van der Waals surface area contributed by atoms with Crippen molar-refractivity contribution in [2.75, 3.05) is 18.5 Å². The molecule has 0 bridgehead atoms. The normalized spacial score (nSPS) is 19.6. The number of nitrogens with one attached hydrogen (secondary N) is 1. The molecule has 1 N–H and O–H groups in total. The number of hydrogen-bond acceptors (Lipinski definition) is 2. The lowest BCUT2D eigenvalue weighted by Gasteiger charge is -2.29. The summed E-state index contributed by atoms with van der Waals surface area (Å²) in [7, 11) is 2.15. The number of anilines is 1. The lowest BCUT2D eigenvalue weighted by atomic mass is 10.1. The number of rotatable bonds is 0. The van der Waals surface area contributed by atoms with Crippen LogP contribution in [-0.2, 0) is 6.54 Å². The van der Waals surface area contributed by atoms with E-state index in [1.807, 2.05) is 0 Å². The van der Waals surface area contributed by atoms with E-state index in [0.717, 1.165) is 13.1 Å². The van der Waals surface area contributed by atoms with Gasteiger partial charge in [0.2, 0.25) is 0 Å². The summed E-state index contributed by atoms with van der Waals surface area (Å²) in [5.41, 5.74) is 2.83. The van der Waals surface area contributed by atoms with Crippen LogP contribution in [0.5, 0.6) is 0 Å². The van der Waals surface area contributed by atoms with E-state index in [1.165, 1.54) is 15.7 Å². The fourth-order valence-corrected chi connectivity index (χ4v) is 2.90. The Labute approximate surface area is 99.8 Å². The lowest BCUT2D eigenvalue weighted by molar-refractivity contribution is 0.401. The van der Waals surface area contributed by atoms with Crippen molar-refractivity contribution in [2.45, 2.75) is 25.9 Å². The third-order valence-electron chi connectivity index (χ3n) is 2.84. The molecule has 2 rings (SSSR count). The molecule has 82 valence electrons. The molecule has 0 aliphatic carbocycles. The average Bonchev–Trinajstić information content (AvgIpc) is 2.24. The van der Waals surface area contributed by atoms with Gasteiger partial charge in [0, 0.05) is 30.1 Å². The molecule has 1 heterocycles. The summed E-state index contributed by atoms with van der Waals surface area (Å²) in [5.74, 6) is 0. The molecule has 2 nitrogen and oxygen atoms in total. The highest BCUT2D eigenvalue weighted by molar-refractivity contribution is 9.10. The highest BCUT2D eigenvalue weighted by Crippen LogP contribution is 2.32. The first-order valence-electron chi connectivity index (χ1n) is 5.23. The lowest BCUT2D eigenvalue weighted by Crippen LogP contribution is -2.45. The fraction of sp³-hybridized carbons (Fsp3) is 0.500. The molecule has 0 spiro atoms. The molecule has 1 aromatic carbocycles. The van der Waals surface area contributed by atoms with Crippen molar-refractivity contribution in [1.82, 2.24) is 5.32 Å². The Morgan fingerprint density at radius 2 is 2.13 bits per heavy atom. The zero-order valence-corrected chi connectivity index (χ0v) is 11.1. The summed E-state index contributed by atoms with van der Waals surface area (Å²) in [6, 6.07) is 6.38. The molecule has 1 aromatic rings. The van der Waals surface area contributed by atoms with Crippen LogP contribution in [0.1, 0.15) is 19.4 Å². The van der Waals surface area contributed by atoms with Gasteiger partial charge in [0.05, 0.1) is 5.69 Å². The maximum absolute atomic E-state index is 3.63. The summed E-state index contributed by atoms with van der Waals surface area (Å²) >= 11 is 3.63. The van der Waals surface area contributed by atoms with Gasteiger partial charge in [-0.15, -0.1) is 0 Å². The minimum atomic E-state index is 0.160. The van der Waals surface area contributed by atoms with Crippen LogP contribution in [0.15, 0.2) is 22.7 Å². The number of likely N-dealkylation sites (N-methyl/N-ethyl adjacent to an activating group) is 1. The number of nitrogens with zero attached hydrogens (tertiary/aromatic N) is 1. The van der Waals surface area contributed by atoms with Crippen LogP contribution in [0, 0.1) is 0 Å². The van der Waals surface area contributed by atoms with E-state index in [2.05, 4.69) is 65.2 Å². The van der Waals surface area contributed by atoms with E-state index in [1.54, 1.807) is 0 Å². The predicted octanol–water partition coefficient (Wildman–Crippen LogP) is 2.77. The van der Waals surface area contributed by atoms with Crippen molar-refractivity contribution in [2.24, 2.45) is 0 Å². The predicted molar refractivity (Wildman–Crippen MR) is 68.3 cm³/mol. The monoisotopic (exact) mass is 268 g/mol. The molecule has 0 aromatic heterocycles. The number of fused-ring (bicyclic) bond motifs is 1. The Morgan fingerprint density at radius 3 is 2.87 bits per heavy atom. The molecule has 0 atom stereocenters. The van der Waals surface area contributed by atoms with Crippen LogP contribution >= 0.6 is 15.9 Å². The van der Waals surface area contributed by atoms with Crippen molar-refractivity contribution in [3.63, 3.8) is 0 Å². The van der Waals surface area contributed by atoms with Gasteiger partial charge in [-0.25, -0.2) is 0 Å². The number of halogens is 1. The van der Waals surface area contributed by atoms with Gasteiger partial charge in [-0.1, -0.05) is 12.1 Å². The van der Waals surface area contributed by atoms with Crippen LogP contribution in [0.3, 0.4) is 0 Å². The van der Waals surface area contributed by atoms with Gasteiger partial charge in [0.1, 0.15) is 0 Å². The Bertz CT molecular complexity index is 374. The van der Waals surface area contributed by atoms with E-state index in [-0.39, 0.29) is 5.54 Å². The maximum Gasteiger partial charge on any atom is 0.0554 e. The zero-order chi connectivity index (χ0) is 11.1. The second-order valence-corrected chi connectivity index (χ2v) is 5.70. The molecular formula is C12H17BrN2. The number of hydrogen-bond donors (Lipinski definition) is 1. The van der Waals surface area contributed by atoms with E-state index >= 15 is 0 Å².